The molecule has 1 aromatic rings. The van der Waals surface area contributed by atoms with E-state index in [-0.39, 0.29) is 12.1 Å². The molecule has 1 heterocycles. The first-order chi connectivity index (χ1) is 9.93. The number of nitrogens with zero attached hydrogens (tertiary/aromatic N) is 1. The largest absolute Gasteiger partial charge is 0.481 e. The fraction of sp³-hybridized carbons (Fsp3) is 0.467. The smallest absolute Gasteiger partial charge is 0.322 e. The van der Waals surface area contributed by atoms with Gasteiger partial charge in [0, 0.05) is 22.7 Å². The number of nitrogens with one attached hydrogen (secondary N) is 1. The second-order valence-electron chi connectivity index (χ2n) is 5.25. The third-order valence-corrected chi connectivity index (χ3v) is 4.52. The third kappa shape index (κ3) is 3.37. The van der Waals surface area contributed by atoms with E-state index in [4.69, 9.17) is 5.11 Å². The van der Waals surface area contributed by atoms with Gasteiger partial charge in [0.25, 0.3) is 0 Å². The number of carbonyl (C=O) groups excluding carboxylic acids is 1. The van der Waals surface area contributed by atoms with Gasteiger partial charge in [0.1, 0.15) is 0 Å². The highest BCUT2D eigenvalue weighted by molar-refractivity contribution is 9.10. The summed E-state index contributed by atoms with van der Waals surface area (Å²) in [5.41, 5.74) is 1.82. The van der Waals surface area contributed by atoms with E-state index in [1.807, 2.05) is 25.1 Å². The van der Waals surface area contributed by atoms with Gasteiger partial charge in [0.05, 0.1) is 5.92 Å². The maximum atomic E-state index is 12.4. The molecule has 0 radical (unpaired) electrons. The van der Waals surface area contributed by atoms with E-state index >= 15 is 0 Å². The number of aryl methyl sites for hydroxylation is 1. The van der Waals surface area contributed by atoms with Crippen molar-refractivity contribution >= 4 is 33.6 Å². The number of hydrogen-bond acceptors (Lipinski definition) is 2. The molecule has 1 aliphatic heterocycles. The second-order valence-corrected chi connectivity index (χ2v) is 6.17. The van der Waals surface area contributed by atoms with Crippen molar-refractivity contribution in [3.8, 4) is 0 Å². The topological polar surface area (TPSA) is 69.6 Å². The first-order valence-corrected chi connectivity index (χ1v) is 7.82. The van der Waals surface area contributed by atoms with Crippen LogP contribution in [0.1, 0.15) is 25.8 Å². The Morgan fingerprint density at radius 3 is 2.76 bits per heavy atom. The number of carboxylic acid groups (broad SMARTS) is 1. The van der Waals surface area contributed by atoms with Crippen molar-refractivity contribution in [3.63, 3.8) is 0 Å². The predicted octanol–water partition coefficient (Wildman–Crippen LogP) is 3.34. The van der Waals surface area contributed by atoms with Crippen LogP contribution < -0.4 is 5.32 Å². The lowest BCUT2D eigenvalue weighted by Gasteiger charge is -2.24. The third-order valence-electron chi connectivity index (χ3n) is 4.02. The van der Waals surface area contributed by atoms with Gasteiger partial charge in [-0.05, 0) is 43.5 Å². The Morgan fingerprint density at radius 1 is 1.48 bits per heavy atom. The van der Waals surface area contributed by atoms with Crippen LogP contribution in [0.15, 0.2) is 22.7 Å². The Morgan fingerprint density at radius 2 is 2.19 bits per heavy atom. The van der Waals surface area contributed by atoms with Crippen molar-refractivity contribution in [1.29, 1.82) is 0 Å². The number of anilines is 1. The summed E-state index contributed by atoms with van der Waals surface area (Å²) in [7, 11) is 0. The zero-order valence-corrected chi connectivity index (χ0v) is 13.7. The van der Waals surface area contributed by atoms with Crippen LogP contribution in [0.3, 0.4) is 0 Å². The molecule has 1 saturated heterocycles. The van der Waals surface area contributed by atoms with E-state index in [1.54, 1.807) is 11.8 Å². The average Bonchev–Trinajstić information content (AvgIpc) is 2.82. The molecule has 1 aliphatic rings. The van der Waals surface area contributed by atoms with Gasteiger partial charge in [-0.3, -0.25) is 4.79 Å². The van der Waals surface area contributed by atoms with Crippen molar-refractivity contribution in [2.75, 3.05) is 11.9 Å². The van der Waals surface area contributed by atoms with Crippen molar-refractivity contribution in [3.05, 3.63) is 28.2 Å². The van der Waals surface area contributed by atoms with Crippen LogP contribution in [0.4, 0.5) is 10.5 Å². The minimum Gasteiger partial charge on any atom is -0.481 e. The van der Waals surface area contributed by atoms with Gasteiger partial charge in [0.2, 0.25) is 0 Å². The van der Waals surface area contributed by atoms with Gasteiger partial charge < -0.3 is 15.3 Å². The normalized spacial score (nSPS) is 21.4. The molecule has 2 atom stereocenters. The summed E-state index contributed by atoms with van der Waals surface area (Å²) in [6.07, 6.45) is 1.31. The Balaban J connectivity index is 2.10. The summed E-state index contributed by atoms with van der Waals surface area (Å²) >= 11 is 3.41. The Labute approximate surface area is 132 Å². The van der Waals surface area contributed by atoms with Gasteiger partial charge in [-0.1, -0.05) is 22.9 Å². The lowest BCUT2D eigenvalue weighted by molar-refractivity contribution is -0.142. The Kier molecular flexibility index (Phi) is 4.88. The molecule has 0 spiro atoms. The molecule has 6 heteroatoms. The molecule has 1 aromatic carbocycles. The summed E-state index contributed by atoms with van der Waals surface area (Å²) in [6.45, 7) is 4.28. The summed E-state index contributed by atoms with van der Waals surface area (Å²) in [5.74, 6) is -1.32. The summed E-state index contributed by atoms with van der Waals surface area (Å²) < 4.78 is 0.970. The highest BCUT2D eigenvalue weighted by Gasteiger charge is 2.38. The van der Waals surface area contributed by atoms with Gasteiger partial charge >= 0.3 is 12.0 Å². The molecule has 2 unspecified atom stereocenters. The van der Waals surface area contributed by atoms with E-state index in [9.17, 15) is 9.59 Å². The first-order valence-electron chi connectivity index (χ1n) is 7.03. The van der Waals surface area contributed by atoms with E-state index in [0.717, 1.165) is 22.1 Å². The minimum atomic E-state index is -0.837. The minimum absolute atomic E-state index is 0.233. The molecular formula is C15H19BrN2O3. The molecule has 2 amide bonds. The van der Waals surface area contributed by atoms with Gasteiger partial charge in [-0.15, -0.1) is 0 Å². The fourth-order valence-corrected chi connectivity index (χ4v) is 3.13. The number of amides is 2. The van der Waals surface area contributed by atoms with Gasteiger partial charge in [-0.25, -0.2) is 4.79 Å². The van der Waals surface area contributed by atoms with Crippen molar-refractivity contribution in [1.82, 2.24) is 4.90 Å². The highest BCUT2D eigenvalue weighted by atomic mass is 79.9. The van der Waals surface area contributed by atoms with Crippen molar-refractivity contribution in [2.45, 2.75) is 32.7 Å². The monoisotopic (exact) mass is 354 g/mol. The van der Waals surface area contributed by atoms with Gasteiger partial charge in [0.15, 0.2) is 0 Å². The highest BCUT2D eigenvalue weighted by Crippen LogP contribution is 2.26. The Hall–Kier alpha value is -1.56. The predicted molar refractivity (Wildman–Crippen MR) is 84.4 cm³/mol. The molecular weight excluding hydrogens is 336 g/mol. The van der Waals surface area contributed by atoms with Gasteiger partial charge in [-0.2, -0.15) is 0 Å². The number of carbonyl (C=O) groups is 2. The molecule has 0 aromatic heterocycles. The van der Waals surface area contributed by atoms with Crippen LogP contribution in [-0.2, 0) is 11.2 Å². The second kappa shape index (κ2) is 6.47. The lowest BCUT2D eigenvalue weighted by Crippen LogP contribution is -2.40. The van der Waals surface area contributed by atoms with Crippen LogP contribution in [0.2, 0.25) is 0 Å². The number of rotatable bonds is 3. The molecule has 0 saturated carbocycles. The number of halogens is 1. The number of aliphatic carboxylic acids is 1. The zero-order valence-electron chi connectivity index (χ0n) is 12.1. The molecule has 0 bridgehead atoms. The molecule has 21 heavy (non-hydrogen) atoms. The number of benzene rings is 1. The van der Waals surface area contributed by atoms with Crippen LogP contribution >= 0.6 is 15.9 Å². The van der Waals surface area contributed by atoms with Crippen LogP contribution in [0.25, 0.3) is 0 Å². The molecule has 0 aliphatic carbocycles. The molecule has 2 N–H and O–H groups in total. The lowest BCUT2D eigenvalue weighted by atomic mass is 10.0. The number of likely N-dealkylation sites (tertiary alicyclic amines) is 1. The maximum Gasteiger partial charge on any atom is 0.322 e. The zero-order chi connectivity index (χ0) is 15.6. The quantitative estimate of drug-likeness (QED) is 0.874. The number of hydrogen-bond donors (Lipinski definition) is 2. The molecule has 5 nitrogen and oxygen atoms in total. The van der Waals surface area contributed by atoms with Crippen LogP contribution in [0.5, 0.6) is 0 Å². The van der Waals surface area contributed by atoms with Crippen molar-refractivity contribution in [2.24, 2.45) is 5.92 Å². The molecule has 2 rings (SSSR count). The van der Waals surface area contributed by atoms with E-state index in [2.05, 4.69) is 21.2 Å². The number of carboxylic acids is 1. The van der Waals surface area contributed by atoms with E-state index in [0.29, 0.717) is 13.0 Å². The summed E-state index contributed by atoms with van der Waals surface area (Å²) in [5, 5.41) is 12.0. The number of urea groups is 1. The first kappa shape index (κ1) is 15.8. The average molecular weight is 355 g/mol. The Bertz CT molecular complexity index is 562. The fourth-order valence-electron chi connectivity index (χ4n) is 2.72. The standard InChI is InChI=1S/C15H19BrN2O3/c1-3-10-8-11(16)4-5-13(10)17-15(21)18-7-6-12(9(18)2)14(19)20/h4-5,8-9,12H,3,6-7H2,1-2H3,(H,17,21)(H,19,20). The van der Waals surface area contributed by atoms with E-state index in [1.165, 1.54) is 0 Å². The SMILES string of the molecule is CCc1cc(Br)ccc1NC(=O)N1CCC(C(=O)O)C1C. The van der Waals surface area contributed by atoms with Crippen LogP contribution in [0, 0.1) is 5.92 Å². The molecule has 1 fully saturated rings. The van der Waals surface area contributed by atoms with Crippen molar-refractivity contribution < 1.29 is 14.7 Å². The summed E-state index contributed by atoms with van der Waals surface area (Å²) in [4.78, 5) is 25.1. The van der Waals surface area contributed by atoms with Crippen LogP contribution in [-0.4, -0.2) is 34.6 Å². The van der Waals surface area contributed by atoms with E-state index < -0.39 is 11.9 Å². The molecule has 114 valence electrons. The maximum absolute atomic E-state index is 12.4. The summed E-state index contributed by atoms with van der Waals surface area (Å²) in [6, 6.07) is 5.19.